The minimum Gasteiger partial charge on any atom is -0.383 e. The molecule has 2 aliphatic carbocycles. The Morgan fingerprint density at radius 2 is 2.06 bits per heavy atom. The maximum atomic E-state index is 12.9. The highest BCUT2D eigenvalue weighted by Gasteiger charge is 2.57. The molecule has 0 spiro atoms. The summed E-state index contributed by atoms with van der Waals surface area (Å²) in [6, 6.07) is 11.6. The summed E-state index contributed by atoms with van der Waals surface area (Å²) in [7, 11) is 0. The van der Waals surface area contributed by atoms with Gasteiger partial charge in [-0.2, -0.15) is 10.4 Å². The number of aromatic nitrogens is 3. The fourth-order valence-electron chi connectivity index (χ4n) is 5.53. The summed E-state index contributed by atoms with van der Waals surface area (Å²) in [6.07, 6.45) is 3.70. The Hall–Kier alpha value is -3.60. The summed E-state index contributed by atoms with van der Waals surface area (Å²) in [5, 5.41) is 21.2. The number of nitrogens with zero attached hydrogens (tertiary/aromatic N) is 4. The highest BCUT2D eigenvalue weighted by atomic mass is 16.5. The lowest BCUT2D eigenvalue weighted by molar-refractivity contribution is -0.117. The summed E-state index contributed by atoms with van der Waals surface area (Å²) >= 11 is 0. The lowest BCUT2D eigenvalue weighted by Gasteiger charge is -2.61. The van der Waals surface area contributed by atoms with Crippen molar-refractivity contribution in [3.63, 3.8) is 0 Å². The van der Waals surface area contributed by atoms with Gasteiger partial charge in [0.05, 0.1) is 11.6 Å². The van der Waals surface area contributed by atoms with Crippen LogP contribution in [0.2, 0.25) is 0 Å². The summed E-state index contributed by atoms with van der Waals surface area (Å²) < 4.78 is 7.07. The van der Waals surface area contributed by atoms with Crippen molar-refractivity contribution in [2.45, 2.75) is 64.8 Å². The van der Waals surface area contributed by atoms with E-state index in [4.69, 9.17) is 10.3 Å². The molecule has 5 rings (SSSR count). The summed E-state index contributed by atoms with van der Waals surface area (Å²) in [4.78, 5) is 12.9. The molecule has 1 amide bonds. The van der Waals surface area contributed by atoms with E-state index in [1.165, 1.54) is 12.8 Å². The Morgan fingerprint density at radius 3 is 2.62 bits per heavy atom. The zero-order valence-electron chi connectivity index (χ0n) is 20.0. The number of hydrogen-bond acceptors (Lipinski definition) is 6. The molecule has 3 aromatic rings. The van der Waals surface area contributed by atoms with Crippen LogP contribution in [-0.2, 0) is 4.79 Å². The Balaban J connectivity index is 1.27. The fraction of sp³-hybridized carbons (Fsp3) is 0.462. The van der Waals surface area contributed by atoms with Crippen LogP contribution in [-0.4, -0.2) is 20.8 Å². The average Bonchev–Trinajstić information content (AvgIpc) is 3.41. The second-order valence-corrected chi connectivity index (χ2v) is 10.3. The lowest BCUT2D eigenvalue weighted by Crippen LogP contribution is -2.52. The molecule has 176 valence electrons. The molecule has 2 heterocycles. The van der Waals surface area contributed by atoms with E-state index >= 15 is 0 Å². The molecule has 4 atom stereocenters. The zero-order chi connectivity index (χ0) is 24.2. The number of nitriles is 1. The van der Waals surface area contributed by atoms with Gasteiger partial charge in [-0.15, -0.1) is 0 Å². The van der Waals surface area contributed by atoms with Crippen molar-refractivity contribution in [2.24, 2.45) is 11.3 Å². The van der Waals surface area contributed by atoms with Crippen molar-refractivity contribution in [1.29, 1.82) is 5.26 Å². The second-order valence-electron chi connectivity index (χ2n) is 10.3. The monoisotopic (exact) mass is 458 g/mol. The van der Waals surface area contributed by atoms with Crippen molar-refractivity contribution in [3.05, 3.63) is 47.2 Å². The Bertz CT molecular complexity index is 1280. The first-order valence-electron chi connectivity index (χ1n) is 11.9. The van der Waals surface area contributed by atoms with E-state index in [1.807, 2.05) is 51.1 Å². The fourth-order valence-corrected chi connectivity index (χ4v) is 5.53. The van der Waals surface area contributed by atoms with Crippen LogP contribution in [0.4, 0.5) is 11.7 Å². The first-order valence-corrected chi connectivity index (χ1v) is 11.9. The third-order valence-electron chi connectivity index (χ3n) is 7.87. The smallest absolute Gasteiger partial charge is 0.234 e. The number of rotatable bonds is 6. The molecule has 2 aliphatic rings. The molecule has 2 aromatic heterocycles. The van der Waals surface area contributed by atoms with Crippen molar-refractivity contribution < 1.29 is 9.32 Å². The Morgan fingerprint density at radius 1 is 1.32 bits per heavy atom. The van der Waals surface area contributed by atoms with E-state index in [9.17, 15) is 10.1 Å². The van der Waals surface area contributed by atoms with Crippen molar-refractivity contribution in [2.75, 3.05) is 11.1 Å². The maximum absolute atomic E-state index is 12.9. The van der Waals surface area contributed by atoms with Gasteiger partial charge in [-0.25, -0.2) is 4.68 Å². The van der Waals surface area contributed by atoms with Gasteiger partial charge in [0, 0.05) is 23.6 Å². The van der Waals surface area contributed by atoms with Crippen LogP contribution < -0.4 is 11.1 Å². The van der Waals surface area contributed by atoms with Gasteiger partial charge in [-0.05, 0) is 56.9 Å². The number of nitrogens with one attached hydrogen (secondary N) is 1. The van der Waals surface area contributed by atoms with Gasteiger partial charge in [0.25, 0.3) is 0 Å². The molecular weight excluding hydrogens is 428 g/mol. The van der Waals surface area contributed by atoms with Crippen LogP contribution in [0.25, 0.3) is 11.3 Å². The normalized spacial score (nSPS) is 24.0. The molecule has 34 heavy (non-hydrogen) atoms. The van der Waals surface area contributed by atoms with Crippen LogP contribution in [0.3, 0.4) is 0 Å². The number of nitrogen functional groups attached to an aromatic ring is 1. The number of amides is 1. The highest BCUT2D eigenvalue weighted by molar-refractivity contribution is 5.94. The summed E-state index contributed by atoms with van der Waals surface area (Å²) in [6.45, 7) is 8.12. The van der Waals surface area contributed by atoms with Gasteiger partial charge in [-0.3, -0.25) is 10.1 Å². The predicted molar refractivity (Wildman–Crippen MR) is 129 cm³/mol. The van der Waals surface area contributed by atoms with E-state index in [0.717, 1.165) is 23.2 Å². The minimum atomic E-state index is -0.394. The van der Waals surface area contributed by atoms with Gasteiger partial charge in [-0.1, -0.05) is 36.3 Å². The molecule has 1 aromatic carbocycles. The first kappa shape index (κ1) is 22.2. The molecule has 0 radical (unpaired) electrons. The number of fused-ring (bicyclic) bond motifs is 1. The third kappa shape index (κ3) is 3.47. The highest BCUT2D eigenvalue weighted by Crippen LogP contribution is 2.67. The van der Waals surface area contributed by atoms with Gasteiger partial charge in [0.1, 0.15) is 23.1 Å². The van der Waals surface area contributed by atoms with Crippen molar-refractivity contribution >= 4 is 17.6 Å². The van der Waals surface area contributed by atoms with Crippen LogP contribution in [0.15, 0.2) is 34.9 Å². The molecule has 8 nitrogen and oxygen atoms in total. The molecule has 8 heteroatoms. The molecule has 3 N–H and O–H groups in total. The molecule has 0 saturated heterocycles. The van der Waals surface area contributed by atoms with Gasteiger partial charge >= 0.3 is 0 Å². The number of carbonyl (C=O) groups is 1. The molecule has 2 saturated carbocycles. The van der Waals surface area contributed by atoms with E-state index in [2.05, 4.69) is 28.6 Å². The Labute approximate surface area is 199 Å². The third-order valence-corrected chi connectivity index (χ3v) is 7.87. The molecule has 4 unspecified atom stereocenters. The van der Waals surface area contributed by atoms with Gasteiger partial charge < -0.3 is 10.3 Å². The number of carbonyl (C=O) groups excluding carboxylic acids is 1. The molecular formula is C26H30N6O2. The standard InChI is InChI=1S/C26H30N6O2/c1-14(2)32-24(28)19(13-27)23(30-32)17-7-5-16(6-8-17)15(3)25(33)29-22-11-21(31-34-22)18-12-26(4)10-9-20(18)26/h5-8,11,14-15,18,20H,9-10,12,28H2,1-4H3,(H,29,33). The number of benzene rings is 1. The van der Waals surface area contributed by atoms with Crippen LogP contribution >= 0.6 is 0 Å². The van der Waals surface area contributed by atoms with E-state index in [0.29, 0.717) is 40.2 Å². The topological polar surface area (TPSA) is 123 Å². The van der Waals surface area contributed by atoms with Crippen molar-refractivity contribution in [1.82, 2.24) is 14.9 Å². The largest absolute Gasteiger partial charge is 0.383 e. The first-order chi connectivity index (χ1) is 16.2. The number of anilines is 2. The molecule has 0 bridgehead atoms. The van der Waals surface area contributed by atoms with Gasteiger partial charge in [0.2, 0.25) is 11.8 Å². The Kier molecular flexibility index (Phi) is 5.23. The van der Waals surface area contributed by atoms with Crippen molar-refractivity contribution in [3.8, 4) is 17.3 Å². The zero-order valence-corrected chi connectivity index (χ0v) is 20.0. The second kappa shape index (κ2) is 8.01. The van der Waals surface area contributed by atoms with Crippen LogP contribution in [0.1, 0.15) is 81.7 Å². The maximum Gasteiger partial charge on any atom is 0.234 e. The van der Waals surface area contributed by atoms with E-state index < -0.39 is 5.92 Å². The van der Waals surface area contributed by atoms with E-state index in [-0.39, 0.29) is 11.9 Å². The number of hydrogen-bond donors (Lipinski definition) is 2. The molecule has 0 aliphatic heterocycles. The quantitative estimate of drug-likeness (QED) is 0.522. The van der Waals surface area contributed by atoms with Crippen LogP contribution in [0, 0.1) is 22.7 Å². The number of nitrogens with two attached hydrogens (primary N) is 1. The SMILES string of the molecule is CC(C(=O)Nc1cc(C2CC3(C)CCC23)no1)c1ccc(-c2nn(C(C)C)c(N)c2C#N)cc1. The van der Waals surface area contributed by atoms with Gasteiger partial charge in [0.15, 0.2) is 0 Å². The minimum absolute atomic E-state index is 0.0444. The predicted octanol–water partition coefficient (Wildman–Crippen LogP) is 5.22. The average molecular weight is 459 g/mol. The summed E-state index contributed by atoms with van der Waals surface area (Å²) in [5.74, 6) is 1.34. The lowest BCUT2D eigenvalue weighted by atomic mass is 9.43. The summed E-state index contributed by atoms with van der Waals surface area (Å²) in [5.41, 5.74) is 10.1. The van der Waals surface area contributed by atoms with E-state index in [1.54, 1.807) is 4.68 Å². The van der Waals surface area contributed by atoms with Crippen LogP contribution in [0.5, 0.6) is 0 Å². The molecule has 2 fully saturated rings.